The third kappa shape index (κ3) is 5.60. The number of rotatable bonds is 9. The first kappa shape index (κ1) is 28.5. The van der Waals surface area contributed by atoms with E-state index >= 15 is 0 Å². The molecular formula is C24H26F5N7O3. The number of carbonyl (C=O) groups is 1. The molecule has 1 saturated heterocycles. The average Bonchev–Trinajstić information content (AvgIpc) is 3.36. The van der Waals surface area contributed by atoms with Crippen LogP contribution in [0.4, 0.5) is 27.8 Å². The highest BCUT2D eigenvalue weighted by molar-refractivity contribution is 5.86. The molecule has 1 amide bonds. The van der Waals surface area contributed by atoms with Crippen LogP contribution in [-0.2, 0) is 33.3 Å². The lowest BCUT2D eigenvalue weighted by Gasteiger charge is -2.37. The number of methoxy groups -OCH3 is 1. The van der Waals surface area contributed by atoms with Gasteiger partial charge in [-0.3, -0.25) is 4.79 Å². The van der Waals surface area contributed by atoms with Crippen LogP contribution in [0.25, 0.3) is 10.4 Å². The van der Waals surface area contributed by atoms with Crippen LogP contribution in [-0.4, -0.2) is 53.2 Å². The molecule has 39 heavy (non-hydrogen) atoms. The number of nitrogens with zero attached hydrogens (tertiary/aromatic N) is 6. The standard InChI is InChI=1S/C24H26F5N7O3/c1-13(14-4-3-5-15(18(14)25)19(26)27)32-20-16-10-36(22(37)23(38-2)6-8-39-9-7-23)11-17(16)33-21(34-20)24(28,29)12-31-35-30/h3-5,13,19H,6-12H2,1-2H3,(H,32,33,34)/t13-/m1/s1. The van der Waals surface area contributed by atoms with Gasteiger partial charge in [0.25, 0.3) is 12.3 Å². The SMILES string of the molecule is COC1(C(=O)N2Cc3nc(C(F)(F)CN=[N+]=[N-])nc(N[C@H](C)c4cccc(C(F)F)c4F)c3C2)CCOCC1. The van der Waals surface area contributed by atoms with Crippen molar-refractivity contribution in [3.8, 4) is 0 Å². The number of halogens is 5. The fourth-order valence-corrected chi connectivity index (χ4v) is 4.72. The Kier molecular flexibility index (Phi) is 8.23. The molecule has 1 aromatic carbocycles. The summed E-state index contributed by atoms with van der Waals surface area (Å²) in [4.78, 5) is 25.2. The quantitative estimate of drug-likeness (QED) is 0.197. The molecular weight excluding hydrogens is 529 g/mol. The summed E-state index contributed by atoms with van der Waals surface area (Å²) in [6, 6.07) is 2.53. The van der Waals surface area contributed by atoms with Gasteiger partial charge in [0.15, 0.2) is 5.60 Å². The van der Waals surface area contributed by atoms with Gasteiger partial charge < -0.3 is 19.7 Å². The Morgan fingerprint density at radius 2 is 1.97 bits per heavy atom. The van der Waals surface area contributed by atoms with E-state index in [4.69, 9.17) is 15.0 Å². The Balaban J connectivity index is 1.71. The Morgan fingerprint density at radius 1 is 1.28 bits per heavy atom. The summed E-state index contributed by atoms with van der Waals surface area (Å²) in [6.45, 7) is 0.632. The smallest absolute Gasteiger partial charge is 0.312 e. The first-order chi connectivity index (χ1) is 18.5. The Bertz CT molecular complexity index is 1280. The molecule has 3 heterocycles. The number of aromatic nitrogens is 2. The average molecular weight is 556 g/mol. The second-order valence-corrected chi connectivity index (χ2v) is 9.30. The number of benzene rings is 1. The molecule has 1 aromatic heterocycles. The minimum absolute atomic E-state index is 0.0586. The Morgan fingerprint density at radius 3 is 2.62 bits per heavy atom. The molecule has 0 radical (unpaired) electrons. The predicted molar refractivity (Wildman–Crippen MR) is 127 cm³/mol. The molecule has 15 heteroatoms. The van der Waals surface area contributed by atoms with Crippen molar-refractivity contribution in [2.24, 2.45) is 5.11 Å². The van der Waals surface area contributed by atoms with Crippen molar-refractivity contribution >= 4 is 11.7 Å². The molecule has 0 unspecified atom stereocenters. The number of amides is 1. The summed E-state index contributed by atoms with van der Waals surface area (Å²) in [5, 5.41) is 5.77. The Labute approximate surface area is 220 Å². The van der Waals surface area contributed by atoms with Gasteiger partial charge in [0.1, 0.15) is 11.6 Å². The van der Waals surface area contributed by atoms with Crippen LogP contribution in [0.1, 0.15) is 60.4 Å². The maximum absolute atomic E-state index is 14.8. The van der Waals surface area contributed by atoms with E-state index in [0.29, 0.717) is 31.6 Å². The molecule has 1 N–H and O–H groups in total. The van der Waals surface area contributed by atoms with E-state index in [2.05, 4.69) is 25.3 Å². The highest BCUT2D eigenvalue weighted by Gasteiger charge is 2.46. The van der Waals surface area contributed by atoms with Crippen molar-refractivity contribution in [3.05, 3.63) is 62.7 Å². The molecule has 2 aliphatic rings. The van der Waals surface area contributed by atoms with E-state index in [1.807, 2.05) is 0 Å². The molecule has 0 spiro atoms. The Hall–Kier alpha value is -3.55. The summed E-state index contributed by atoms with van der Waals surface area (Å²) in [5.41, 5.74) is 6.85. The van der Waals surface area contributed by atoms with Crippen LogP contribution in [0.3, 0.4) is 0 Å². The van der Waals surface area contributed by atoms with Crippen molar-refractivity contribution < 1.29 is 36.2 Å². The maximum Gasteiger partial charge on any atom is 0.312 e. The second kappa shape index (κ2) is 11.3. The minimum Gasteiger partial charge on any atom is -0.381 e. The van der Waals surface area contributed by atoms with Crippen LogP contribution >= 0.6 is 0 Å². The van der Waals surface area contributed by atoms with Crippen LogP contribution < -0.4 is 5.32 Å². The zero-order valence-electron chi connectivity index (χ0n) is 21.1. The van der Waals surface area contributed by atoms with Crippen LogP contribution in [0.2, 0.25) is 0 Å². The first-order valence-corrected chi connectivity index (χ1v) is 12.1. The summed E-state index contributed by atoms with van der Waals surface area (Å²) < 4.78 is 81.9. The summed E-state index contributed by atoms with van der Waals surface area (Å²) >= 11 is 0. The van der Waals surface area contributed by atoms with E-state index in [-0.39, 0.29) is 36.1 Å². The number of nitrogens with one attached hydrogen (secondary N) is 1. The molecule has 10 nitrogen and oxygen atoms in total. The van der Waals surface area contributed by atoms with E-state index < -0.39 is 47.7 Å². The van der Waals surface area contributed by atoms with Crippen LogP contribution in [0.5, 0.6) is 0 Å². The lowest BCUT2D eigenvalue weighted by molar-refractivity contribution is -0.167. The minimum atomic E-state index is -3.76. The number of hydrogen-bond donors (Lipinski definition) is 1. The molecule has 1 atom stereocenters. The maximum atomic E-state index is 14.8. The van der Waals surface area contributed by atoms with Gasteiger partial charge in [0.2, 0.25) is 5.82 Å². The van der Waals surface area contributed by atoms with Crippen molar-refractivity contribution in [1.29, 1.82) is 0 Å². The van der Waals surface area contributed by atoms with Gasteiger partial charge in [-0.25, -0.2) is 23.1 Å². The number of carbonyl (C=O) groups excluding carboxylic acids is 1. The third-order valence-corrected chi connectivity index (χ3v) is 6.92. The van der Waals surface area contributed by atoms with Crippen molar-refractivity contribution in [2.45, 2.75) is 56.8 Å². The molecule has 0 bridgehead atoms. The molecule has 2 aliphatic heterocycles. The second-order valence-electron chi connectivity index (χ2n) is 9.30. The molecule has 210 valence electrons. The highest BCUT2D eigenvalue weighted by Crippen LogP contribution is 2.37. The van der Waals surface area contributed by atoms with Crippen LogP contribution in [0, 0.1) is 5.82 Å². The van der Waals surface area contributed by atoms with E-state index in [1.165, 1.54) is 31.1 Å². The van der Waals surface area contributed by atoms with Crippen LogP contribution in [0.15, 0.2) is 23.3 Å². The lowest BCUT2D eigenvalue weighted by atomic mass is 9.92. The van der Waals surface area contributed by atoms with Gasteiger partial charge in [-0.2, -0.15) is 8.78 Å². The van der Waals surface area contributed by atoms with Crippen molar-refractivity contribution in [3.63, 3.8) is 0 Å². The topological polar surface area (TPSA) is 125 Å². The number of anilines is 1. The number of hydrogen-bond acceptors (Lipinski definition) is 7. The number of alkyl halides is 4. The van der Waals surface area contributed by atoms with Gasteiger partial charge in [0.05, 0.1) is 36.9 Å². The van der Waals surface area contributed by atoms with Gasteiger partial charge in [-0.05, 0) is 12.5 Å². The number of ether oxygens (including phenoxy) is 2. The summed E-state index contributed by atoms with van der Waals surface area (Å²) in [6.07, 6.45) is -2.44. The summed E-state index contributed by atoms with van der Waals surface area (Å²) in [5.74, 6) is -6.35. The molecule has 0 aliphatic carbocycles. The lowest BCUT2D eigenvalue weighted by Crippen LogP contribution is -2.51. The fourth-order valence-electron chi connectivity index (χ4n) is 4.72. The van der Waals surface area contributed by atoms with Gasteiger partial charge in [-0.1, -0.05) is 23.3 Å². The molecule has 4 rings (SSSR count). The van der Waals surface area contributed by atoms with Crippen molar-refractivity contribution in [1.82, 2.24) is 14.9 Å². The van der Waals surface area contributed by atoms with Crippen molar-refractivity contribution in [2.75, 3.05) is 32.2 Å². The molecule has 1 fully saturated rings. The normalized spacial score (nSPS) is 17.5. The first-order valence-electron chi connectivity index (χ1n) is 12.1. The van der Waals surface area contributed by atoms with E-state index in [1.54, 1.807) is 0 Å². The zero-order valence-corrected chi connectivity index (χ0v) is 21.1. The monoisotopic (exact) mass is 555 g/mol. The van der Waals surface area contributed by atoms with E-state index in [9.17, 15) is 26.7 Å². The third-order valence-electron chi connectivity index (χ3n) is 6.92. The van der Waals surface area contributed by atoms with E-state index in [0.717, 1.165) is 6.07 Å². The van der Waals surface area contributed by atoms with Gasteiger partial charge >= 0.3 is 5.92 Å². The molecule has 2 aromatic rings. The van der Waals surface area contributed by atoms with Gasteiger partial charge in [-0.15, -0.1) is 0 Å². The zero-order chi connectivity index (χ0) is 28.4. The fraction of sp³-hybridized carbons (Fsp3) is 0.542. The number of azide groups is 1. The highest BCUT2D eigenvalue weighted by atomic mass is 19.3. The summed E-state index contributed by atoms with van der Waals surface area (Å²) in [7, 11) is 1.41. The largest absolute Gasteiger partial charge is 0.381 e. The molecule has 0 saturated carbocycles. The number of fused-ring (bicyclic) bond motifs is 1. The predicted octanol–water partition coefficient (Wildman–Crippen LogP) is 5.17. The van der Waals surface area contributed by atoms with Gasteiger partial charge in [0, 0.05) is 49.2 Å².